The second-order valence-corrected chi connectivity index (χ2v) is 5.21. The summed E-state index contributed by atoms with van der Waals surface area (Å²) in [6, 6.07) is 2.55. The zero-order valence-electron chi connectivity index (χ0n) is 11.5. The van der Waals surface area contributed by atoms with Crippen molar-refractivity contribution in [2.45, 2.75) is 32.0 Å². The van der Waals surface area contributed by atoms with E-state index in [1.165, 1.54) is 6.07 Å². The van der Waals surface area contributed by atoms with Crippen molar-refractivity contribution >= 4 is 5.82 Å². The molecular weight excluding hydrogens is 281 g/mol. The maximum Gasteiger partial charge on any atom is 0.417 e. The third-order valence-corrected chi connectivity index (χ3v) is 3.66. The number of imidazole rings is 1. The SMILES string of the molecule is Cc1cnc([C@H]2CCCN2c2ccc(C(F)(F)F)cn2)[nH]1. The Labute approximate surface area is 120 Å². The van der Waals surface area contributed by atoms with Gasteiger partial charge in [0.15, 0.2) is 0 Å². The van der Waals surface area contributed by atoms with Gasteiger partial charge in [-0.3, -0.25) is 0 Å². The van der Waals surface area contributed by atoms with Crippen LogP contribution in [0.4, 0.5) is 19.0 Å². The molecule has 0 aliphatic carbocycles. The van der Waals surface area contributed by atoms with Gasteiger partial charge in [0, 0.05) is 24.6 Å². The molecule has 0 amide bonds. The van der Waals surface area contributed by atoms with E-state index in [9.17, 15) is 13.2 Å². The monoisotopic (exact) mass is 296 g/mol. The van der Waals surface area contributed by atoms with Crippen LogP contribution in [0.5, 0.6) is 0 Å². The summed E-state index contributed by atoms with van der Waals surface area (Å²) in [6.07, 6.45) is 0.168. The molecule has 7 heteroatoms. The Kier molecular flexibility index (Phi) is 3.35. The van der Waals surface area contributed by atoms with Crippen LogP contribution in [0.15, 0.2) is 24.5 Å². The van der Waals surface area contributed by atoms with Gasteiger partial charge in [0.2, 0.25) is 0 Å². The first kappa shape index (κ1) is 13.9. The van der Waals surface area contributed by atoms with Crippen molar-refractivity contribution in [3.05, 3.63) is 41.6 Å². The number of aromatic amines is 1. The smallest absolute Gasteiger partial charge is 0.346 e. The number of hydrogen-bond donors (Lipinski definition) is 1. The number of nitrogens with one attached hydrogen (secondary N) is 1. The van der Waals surface area contributed by atoms with E-state index in [4.69, 9.17) is 0 Å². The highest BCUT2D eigenvalue weighted by Crippen LogP contribution is 2.35. The summed E-state index contributed by atoms with van der Waals surface area (Å²) in [7, 11) is 0. The largest absolute Gasteiger partial charge is 0.417 e. The molecule has 4 nitrogen and oxygen atoms in total. The van der Waals surface area contributed by atoms with Crippen molar-refractivity contribution in [2.75, 3.05) is 11.4 Å². The van der Waals surface area contributed by atoms with Gasteiger partial charge in [-0.2, -0.15) is 13.2 Å². The molecule has 112 valence electrons. The number of aryl methyl sites for hydroxylation is 1. The Morgan fingerprint density at radius 1 is 1.24 bits per heavy atom. The molecule has 0 spiro atoms. The Morgan fingerprint density at radius 2 is 2.05 bits per heavy atom. The fraction of sp³-hybridized carbons (Fsp3) is 0.429. The summed E-state index contributed by atoms with van der Waals surface area (Å²) >= 11 is 0. The Bertz CT molecular complexity index is 618. The van der Waals surface area contributed by atoms with E-state index < -0.39 is 11.7 Å². The van der Waals surface area contributed by atoms with Crippen molar-refractivity contribution in [2.24, 2.45) is 0 Å². The maximum atomic E-state index is 12.6. The van der Waals surface area contributed by atoms with Gasteiger partial charge in [0.05, 0.1) is 11.6 Å². The molecule has 1 fully saturated rings. The zero-order valence-corrected chi connectivity index (χ0v) is 11.5. The van der Waals surface area contributed by atoms with Gasteiger partial charge in [0.25, 0.3) is 0 Å². The Morgan fingerprint density at radius 3 is 2.62 bits per heavy atom. The molecule has 0 aromatic carbocycles. The molecule has 1 atom stereocenters. The summed E-state index contributed by atoms with van der Waals surface area (Å²) < 4.78 is 37.7. The number of hydrogen-bond acceptors (Lipinski definition) is 3. The summed E-state index contributed by atoms with van der Waals surface area (Å²) in [4.78, 5) is 13.5. The van der Waals surface area contributed by atoms with Crippen LogP contribution in [0.3, 0.4) is 0 Å². The van der Waals surface area contributed by atoms with E-state index in [-0.39, 0.29) is 6.04 Å². The van der Waals surface area contributed by atoms with Crippen LogP contribution in [0, 0.1) is 6.92 Å². The normalized spacial score (nSPS) is 19.2. The van der Waals surface area contributed by atoms with Gasteiger partial charge >= 0.3 is 6.18 Å². The molecule has 1 aliphatic rings. The predicted octanol–water partition coefficient (Wildman–Crippen LogP) is 3.47. The first-order valence-electron chi connectivity index (χ1n) is 6.76. The standard InChI is InChI=1S/C14H15F3N4/c1-9-7-19-13(20-9)11-3-2-6-21(11)12-5-4-10(8-18-12)14(15,16)17/h4-5,7-8,11H,2-3,6H2,1H3,(H,19,20)/t11-/m1/s1. The fourth-order valence-electron chi connectivity index (χ4n) is 2.65. The highest BCUT2D eigenvalue weighted by Gasteiger charge is 2.32. The summed E-state index contributed by atoms with van der Waals surface area (Å²) in [6.45, 7) is 2.69. The average Bonchev–Trinajstić information content (AvgIpc) is 3.06. The number of nitrogens with zero attached hydrogens (tertiary/aromatic N) is 3. The van der Waals surface area contributed by atoms with E-state index >= 15 is 0 Å². The van der Waals surface area contributed by atoms with Crippen molar-refractivity contribution in [3.8, 4) is 0 Å². The molecule has 0 bridgehead atoms. The first-order valence-corrected chi connectivity index (χ1v) is 6.76. The van der Waals surface area contributed by atoms with E-state index in [0.717, 1.165) is 43.2 Å². The predicted molar refractivity (Wildman–Crippen MR) is 71.9 cm³/mol. The minimum Gasteiger partial charge on any atom is -0.346 e. The number of anilines is 1. The van der Waals surface area contributed by atoms with Crippen LogP contribution in [-0.2, 0) is 6.18 Å². The second-order valence-electron chi connectivity index (χ2n) is 5.21. The van der Waals surface area contributed by atoms with E-state index in [2.05, 4.69) is 15.0 Å². The fourth-order valence-corrected chi connectivity index (χ4v) is 2.65. The van der Waals surface area contributed by atoms with Crippen LogP contribution < -0.4 is 4.90 Å². The topological polar surface area (TPSA) is 44.8 Å². The molecule has 21 heavy (non-hydrogen) atoms. The molecule has 1 saturated heterocycles. The van der Waals surface area contributed by atoms with Crippen LogP contribution in [0.25, 0.3) is 0 Å². The van der Waals surface area contributed by atoms with Crippen molar-refractivity contribution < 1.29 is 13.2 Å². The van der Waals surface area contributed by atoms with Crippen LogP contribution in [-0.4, -0.2) is 21.5 Å². The molecule has 0 saturated carbocycles. The minimum absolute atomic E-state index is 0.0444. The van der Waals surface area contributed by atoms with Crippen LogP contribution >= 0.6 is 0 Å². The van der Waals surface area contributed by atoms with Gasteiger partial charge in [0.1, 0.15) is 11.6 Å². The second kappa shape index (κ2) is 5.05. The third kappa shape index (κ3) is 2.72. The van der Waals surface area contributed by atoms with Gasteiger partial charge < -0.3 is 9.88 Å². The van der Waals surface area contributed by atoms with Crippen molar-refractivity contribution in [3.63, 3.8) is 0 Å². The van der Waals surface area contributed by atoms with Gasteiger partial charge in [-0.1, -0.05) is 0 Å². The summed E-state index contributed by atoms with van der Waals surface area (Å²) in [5, 5.41) is 0. The number of aromatic nitrogens is 3. The molecule has 0 radical (unpaired) electrons. The molecule has 2 aromatic heterocycles. The van der Waals surface area contributed by atoms with Gasteiger partial charge in [-0.15, -0.1) is 0 Å². The van der Waals surface area contributed by atoms with Crippen LogP contribution in [0.2, 0.25) is 0 Å². The van der Waals surface area contributed by atoms with E-state index in [1.807, 2.05) is 11.8 Å². The number of alkyl halides is 3. The molecule has 1 aliphatic heterocycles. The number of rotatable bonds is 2. The van der Waals surface area contributed by atoms with Gasteiger partial charge in [-0.25, -0.2) is 9.97 Å². The van der Waals surface area contributed by atoms with Gasteiger partial charge in [-0.05, 0) is 31.9 Å². The molecule has 0 unspecified atom stereocenters. The van der Waals surface area contributed by atoms with Crippen molar-refractivity contribution in [1.82, 2.24) is 15.0 Å². The minimum atomic E-state index is -4.35. The lowest BCUT2D eigenvalue weighted by Crippen LogP contribution is -2.24. The quantitative estimate of drug-likeness (QED) is 0.923. The highest BCUT2D eigenvalue weighted by atomic mass is 19.4. The lowest BCUT2D eigenvalue weighted by atomic mass is 10.2. The molecule has 1 N–H and O–H groups in total. The number of halogens is 3. The molecule has 3 rings (SSSR count). The first-order chi connectivity index (χ1) is 9.95. The zero-order chi connectivity index (χ0) is 15.0. The van der Waals surface area contributed by atoms with Crippen molar-refractivity contribution in [1.29, 1.82) is 0 Å². The van der Waals surface area contributed by atoms with E-state index in [1.54, 1.807) is 6.20 Å². The number of H-pyrrole nitrogens is 1. The van der Waals surface area contributed by atoms with Crippen LogP contribution in [0.1, 0.15) is 36.0 Å². The highest BCUT2D eigenvalue weighted by molar-refractivity contribution is 5.43. The maximum absolute atomic E-state index is 12.6. The summed E-state index contributed by atoms with van der Waals surface area (Å²) in [5.41, 5.74) is 0.244. The third-order valence-electron chi connectivity index (χ3n) is 3.66. The Balaban J connectivity index is 1.85. The molecule has 3 heterocycles. The summed E-state index contributed by atoms with van der Waals surface area (Å²) in [5.74, 6) is 1.39. The molecular formula is C14H15F3N4. The lowest BCUT2D eigenvalue weighted by Gasteiger charge is -2.24. The number of pyridine rings is 1. The molecule has 2 aromatic rings. The Hall–Kier alpha value is -2.05. The average molecular weight is 296 g/mol. The lowest BCUT2D eigenvalue weighted by molar-refractivity contribution is -0.137. The van der Waals surface area contributed by atoms with E-state index in [0.29, 0.717) is 5.82 Å².